The van der Waals surface area contributed by atoms with E-state index in [1.54, 1.807) is 12.1 Å². The van der Waals surface area contributed by atoms with Gasteiger partial charge in [-0.05, 0) is 68.6 Å². The maximum absolute atomic E-state index is 14.0. The van der Waals surface area contributed by atoms with Gasteiger partial charge in [-0.1, -0.05) is 41.9 Å². The number of nitrogens with zero attached hydrogens (tertiary/aromatic N) is 3. The van der Waals surface area contributed by atoms with Crippen LogP contribution in [0.2, 0.25) is 5.02 Å². The maximum atomic E-state index is 14.0. The second kappa shape index (κ2) is 13.0. The van der Waals surface area contributed by atoms with Crippen LogP contribution < -0.4 is 4.90 Å². The van der Waals surface area contributed by atoms with Gasteiger partial charge in [0, 0.05) is 44.0 Å². The van der Waals surface area contributed by atoms with Crippen molar-refractivity contribution in [2.75, 3.05) is 44.7 Å². The Morgan fingerprint density at radius 1 is 0.886 bits per heavy atom. The van der Waals surface area contributed by atoms with Crippen molar-refractivity contribution < 1.29 is 37.4 Å². The molecule has 0 aromatic heterocycles. The smallest absolute Gasteiger partial charge is 0.430 e. The van der Waals surface area contributed by atoms with Crippen LogP contribution in [0.5, 0.6) is 0 Å². The molecule has 2 amide bonds. The van der Waals surface area contributed by atoms with Crippen molar-refractivity contribution in [1.82, 2.24) is 9.80 Å². The summed E-state index contributed by atoms with van der Waals surface area (Å²) in [6, 6.07) is 11.3. The second-order valence-corrected chi connectivity index (χ2v) is 12.3. The van der Waals surface area contributed by atoms with E-state index < -0.39 is 35.3 Å². The first-order valence-electron chi connectivity index (χ1n) is 15.0. The van der Waals surface area contributed by atoms with Crippen molar-refractivity contribution >= 4 is 35.1 Å². The minimum Gasteiger partial charge on any atom is -0.467 e. The normalized spacial score (nSPS) is 21.7. The molecule has 44 heavy (non-hydrogen) atoms. The zero-order valence-electron chi connectivity index (χ0n) is 24.6. The minimum absolute atomic E-state index is 0.161. The zero-order valence-corrected chi connectivity index (χ0v) is 25.3. The number of anilines is 1. The Kier molecular flexibility index (Phi) is 9.46. The number of methoxy groups -OCH3 is 1. The maximum Gasteiger partial charge on any atom is 0.430 e. The molecule has 0 bridgehead atoms. The third kappa shape index (κ3) is 6.13. The number of ether oxygens (including phenoxy) is 1. The van der Waals surface area contributed by atoms with E-state index in [1.165, 1.54) is 30.2 Å². The number of piperidine rings is 2. The van der Waals surface area contributed by atoms with Gasteiger partial charge in [-0.15, -0.1) is 0 Å². The van der Waals surface area contributed by atoms with Gasteiger partial charge < -0.3 is 24.5 Å². The van der Waals surface area contributed by atoms with E-state index in [0.29, 0.717) is 42.3 Å². The fourth-order valence-electron chi connectivity index (χ4n) is 6.94. The number of benzene rings is 2. The molecule has 3 fully saturated rings. The van der Waals surface area contributed by atoms with Gasteiger partial charge in [-0.2, -0.15) is 13.2 Å². The van der Waals surface area contributed by atoms with E-state index >= 15 is 0 Å². The number of carbonyl (C=O) groups is 3. The summed E-state index contributed by atoms with van der Waals surface area (Å²) in [5.41, 5.74) is -2.83. The van der Waals surface area contributed by atoms with Gasteiger partial charge in [0.25, 0.3) is 17.4 Å². The molecule has 3 heterocycles. The van der Waals surface area contributed by atoms with Gasteiger partial charge >= 0.3 is 12.1 Å². The molecular formula is C32H37ClF3N3O5. The summed E-state index contributed by atoms with van der Waals surface area (Å²) in [5.74, 6) is -1.42. The van der Waals surface area contributed by atoms with Gasteiger partial charge in [-0.3, -0.25) is 9.59 Å². The Labute approximate surface area is 259 Å². The number of rotatable bonds is 6. The lowest BCUT2D eigenvalue weighted by Crippen LogP contribution is -2.57. The highest BCUT2D eigenvalue weighted by molar-refractivity contribution is 6.34. The van der Waals surface area contributed by atoms with Crippen LogP contribution >= 0.6 is 11.6 Å². The zero-order chi connectivity index (χ0) is 31.6. The van der Waals surface area contributed by atoms with Crippen LogP contribution in [0.1, 0.15) is 54.4 Å². The molecule has 0 spiro atoms. The third-order valence-electron chi connectivity index (χ3n) is 9.48. The number of hydrogen-bond acceptors (Lipinski definition) is 6. The first kappa shape index (κ1) is 32.1. The number of aliphatic hydroxyl groups is 1. The van der Waals surface area contributed by atoms with Crippen molar-refractivity contribution in [2.45, 2.75) is 56.3 Å². The molecule has 0 radical (unpaired) electrons. The lowest BCUT2D eigenvalue weighted by Gasteiger charge is -2.42. The largest absolute Gasteiger partial charge is 0.467 e. The van der Waals surface area contributed by atoms with Gasteiger partial charge in [0.2, 0.25) is 0 Å². The molecule has 238 valence electrons. The van der Waals surface area contributed by atoms with E-state index in [0.717, 1.165) is 55.1 Å². The van der Waals surface area contributed by atoms with Gasteiger partial charge in [0.05, 0.1) is 17.7 Å². The lowest BCUT2D eigenvalue weighted by atomic mass is 9.78. The predicted molar refractivity (Wildman–Crippen MR) is 158 cm³/mol. The third-order valence-corrected chi connectivity index (χ3v) is 9.79. The highest BCUT2D eigenvalue weighted by atomic mass is 35.5. The van der Waals surface area contributed by atoms with Crippen molar-refractivity contribution in [2.24, 2.45) is 11.8 Å². The van der Waals surface area contributed by atoms with Gasteiger partial charge in [-0.25, -0.2) is 4.79 Å². The summed E-state index contributed by atoms with van der Waals surface area (Å²) >= 11 is 6.56. The van der Waals surface area contributed by atoms with Crippen LogP contribution in [0, 0.1) is 11.8 Å². The molecule has 3 aliphatic heterocycles. The molecule has 0 aliphatic carbocycles. The average Bonchev–Trinajstić information content (AvgIpc) is 3.53. The summed E-state index contributed by atoms with van der Waals surface area (Å²) in [4.78, 5) is 43.2. The topological polar surface area (TPSA) is 90.4 Å². The molecule has 5 rings (SSSR count). The van der Waals surface area contributed by atoms with Crippen LogP contribution in [0.15, 0.2) is 48.5 Å². The Balaban J connectivity index is 1.16. The average molecular weight is 636 g/mol. The molecule has 2 aromatic carbocycles. The standard InChI is InChI=1S/C32H37ClF3N3O5/c1-44-29(41)27-8-5-15-39(27)28(40)25-10-9-24(20-26(25)33)37-16-11-21(12-17-37)22-13-18-38(19-14-22)30(42)31(43,32(34,35)36)23-6-3-2-4-7-23/h2-4,6-7,9-10,20-22,27,43H,5,8,11-19H2,1H3/t27?,31-/m1/s1. The second-order valence-electron chi connectivity index (χ2n) is 11.9. The van der Waals surface area contributed by atoms with Crippen molar-refractivity contribution in [1.29, 1.82) is 0 Å². The summed E-state index contributed by atoms with van der Waals surface area (Å²) < 4.78 is 46.9. The van der Waals surface area contributed by atoms with Crippen LogP contribution in [-0.4, -0.2) is 84.7 Å². The van der Waals surface area contributed by atoms with Gasteiger partial charge in [0.15, 0.2) is 0 Å². The fourth-order valence-corrected chi connectivity index (χ4v) is 7.19. The number of likely N-dealkylation sites (tertiary alicyclic amines) is 2. The Morgan fingerprint density at radius 2 is 1.50 bits per heavy atom. The van der Waals surface area contributed by atoms with E-state index in [9.17, 15) is 32.7 Å². The van der Waals surface area contributed by atoms with E-state index in [-0.39, 0.29) is 24.9 Å². The number of hydrogen-bond donors (Lipinski definition) is 1. The molecule has 2 atom stereocenters. The quantitative estimate of drug-likeness (QED) is 0.449. The number of esters is 1. The van der Waals surface area contributed by atoms with Crippen LogP contribution in [0.4, 0.5) is 18.9 Å². The summed E-state index contributed by atoms with van der Waals surface area (Å²) in [6.07, 6.45) is -0.973. The van der Waals surface area contributed by atoms with E-state index in [1.807, 2.05) is 6.07 Å². The first-order valence-corrected chi connectivity index (χ1v) is 15.4. The number of alkyl halides is 3. The van der Waals surface area contributed by atoms with E-state index in [2.05, 4.69) is 4.90 Å². The highest BCUT2D eigenvalue weighted by Gasteiger charge is 2.62. The lowest BCUT2D eigenvalue weighted by molar-refractivity contribution is -0.262. The summed E-state index contributed by atoms with van der Waals surface area (Å²) in [7, 11) is 1.31. The summed E-state index contributed by atoms with van der Waals surface area (Å²) in [6.45, 7) is 2.30. The molecule has 1 unspecified atom stereocenters. The molecule has 0 saturated carbocycles. The van der Waals surface area contributed by atoms with Crippen molar-refractivity contribution in [3.05, 3.63) is 64.7 Å². The van der Waals surface area contributed by atoms with Crippen LogP contribution in [0.25, 0.3) is 0 Å². The first-order chi connectivity index (χ1) is 21.0. The van der Waals surface area contributed by atoms with Crippen LogP contribution in [-0.2, 0) is 19.9 Å². The Bertz CT molecular complexity index is 1360. The predicted octanol–water partition coefficient (Wildman–Crippen LogP) is 5.02. The fraction of sp³-hybridized carbons (Fsp3) is 0.531. The number of carbonyl (C=O) groups excluding carboxylic acids is 3. The molecule has 1 N–H and O–H groups in total. The highest BCUT2D eigenvalue weighted by Crippen LogP contribution is 2.42. The SMILES string of the molecule is COC(=O)C1CCCN1C(=O)c1ccc(N2CCC(C3CCN(C(=O)[C@](O)(c4ccccc4)C(F)(F)F)CC3)CC2)cc1Cl. The monoisotopic (exact) mass is 635 g/mol. The van der Waals surface area contributed by atoms with Crippen molar-refractivity contribution in [3.8, 4) is 0 Å². The molecule has 12 heteroatoms. The Morgan fingerprint density at radius 3 is 2.07 bits per heavy atom. The number of amides is 2. The van der Waals surface area contributed by atoms with Gasteiger partial charge in [0.1, 0.15) is 6.04 Å². The molecule has 2 aromatic rings. The summed E-state index contributed by atoms with van der Waals surface area (Å²) in [5, 5.41) is 11.0. The van der Waals surface area contributed by atoms with E-state index in [4.69, 9.17) is 16.3 Å². The number of halogens is 4. The molecule has 8 nitrogen and oxygen atoms in total. The van der Waals surface area contributed by atoms with Crippen LogP contribution in [0.3, 0.4) is 0 Å². The molecular weight excluding hydrogens is 599 g/mol. The van der Waals surface area contributed by atoms with Crippen molar-refractivity contribution in [3.63, 3.8) is 0 Å². The Hall–Kier alpha value is -3.31. The molecule has 3 saturated heterocycles. The minimum atomic E-state index is -5.15. The molecule has 3 aliphatic rings.